The molecule has 0 amide bonds. The Balaban J connectivity index is 2.30. The molecule has 0 aliphatic heterocycles. The van der Waals surface area contributed by atoms with Crippen LogP contribution in [-0.2, 0) is 0 Å². The van der Waals surface area contributed by atoms with Gasteiger partial charge in [0.2, 0.25) is 0 Å². The second-order valence-corrected chi connectivity index (χ2v) is 4.91. The first-order valence-electron chi connectivity index (χ1n) is 4.86. The van der Waals surface area contributed by atoms with E-state index in [-0.39, 0.29) is 6.54 Å². The van der Waals surface area contributed by atoms with E-state index in [9.17, 15) is 13.2 Å². The number of rotatable bonds is 5. The zero-order valence-electron chi connectivity index (χ0n) is 8.15. The first-order chi connectivity index (χ1) is 6.43. The smallest absolute Gasteiger partial charge is 0.302 e. The van der Waals surface area contributed by atoms with Gasteiger partial charge in [-0.25, -0.2) is 0 Å². The Kier molecular flexibility index (Phi) is 4.25. The highest BCUT2D eigenvalue weighted by Crippen LogP contribution is 2.31. The molecule has 0 aromatic heterocycles. The molecule has 1 unspecified atom stereocenters. The summed E-state index contributed by atoms with van der Waals surface area (Å²) >= 11 is 2.68. The second-order valence-electron chi connectivity index (χ2n) is 3.80. The molecular formula is C9H15BrF3N. The minimum absolute atomic E-state index is 0.0660. The van der Waals surface area contributed by atoms with Crippen LogP contribution in [-0.4, -0.2) is 35.5 Å². The van der Waals surface area contributed by atoms with E-state index in [4.69, 9.17) is 0 Å². The normalized spacial score (nSPS) is 20.1. The number of alkyl halides is 4. The van der Waals surface area contributed by atoms with Gasteiger partial charge >= 0.3 is 6.18 Å². The van der Waals surface area contributed by atoms with Crippen molar-refractivity contribution in [1.29, 1.82) is 0 Å². The third-order valence-electron chi connectivity index (χ3n) is 2.43. The summed E-state index contributed by atoms with van der Waals surface area (Å²) in [6.45, 7) is 3.47. The summed E-state index contributed by atoms with van der Waals surface area (Å²) < 4.78 is 36.7. The molecule has 0 saturated heterocycles. The maximum atomic E-state index is 12.2. The average molecular weight is 274 g/mol. The van der Waals surface area contributed by atoms with Gasteiger partial charge in [0.05, 0.1) is 0 Å². The van der Waals surface area contributed by atoms with Crippen LogP contribution in [0, 0.1) is 5.92 Å². The van der Waals surface area contributed by atoms with Crippen molar-refractivity contribution < 1.29 is 13.2 Å². The van der Waals surface area contributed by atoms with Gasteiger partial charge in [-0.1, -0.05) is 22.9 Å². The van der Waals surface area contributed by atoms with Crippen LogP contribution in [0.4, 0.5) is 13.2 Å². The monoisotopic (exact) mass is 273 g/mol. The molecule has 84 valence electrons. The molecule has 5 heteroatoms. The van der Waals surface area contributed by atoms with Crippen molar-refractivity contribution in [1.82, 2.24) is 4.90 Å². The van der Waals surface area contributed by atoms with Crippen molar-refractivity contribution in [2.75, 3.05) is 19.6 Å². The SMILES string of the molecule is CCN(CC1CC1)CC(Br)C(F)(F)F. The lowest BCUT2D eigenvalue weighted by Gasteiger charge is -2.24. The topological polar surface area (TPSA) is 3.24 Å². The van der Waals surface area contributed by atoms with E-state index >= 15 is 0 Å². The molecule has 1 aliphatic rings. The molecule has 0 heterocycles. The highest BCUT2D eigenvalue weighted by atomic mass is 79.9. The van der Waals surface area contributed by atoms with E-state index < -0.39 is 11.0 Å². The Morgan fingerprint density at radius 3 is 2.36 bits per heavy atom. The first kappa shape index (κ1) is 12.3. The van der Waals surface area contributed by atoms with E-state index in [1.54, 1.807) is 0 Å². The van der Waals surface area contributed by atoms with Crippen molar-refractivity contribution in [3.05, 3.63) is 0 Å². The summed E-state index contributed by atoms with van der Waals surface area (Å²) in [6.07, 6.45) is -1.78. The summed E-state index contributed by atoms with van der Waals surface area (Å²) in [5, 5.41) is 0. The fourth-order valence-corrected chi connectivity index (χ4v) is 1.74. The third-order valence-corrected chi connectivity index (χ3v) is 3.24. The molecular weight excluding hydrogens is 259 g/mol. The zero-order chi connectivity index (χ0) is 10.8. The van der Waals surface area contributed by atoms with Crippen molar-refractivity contribution in [3.63, 3.8) is 0 Å². The van der Waals surface area contributed by atoms with E-state index in [1.807, 2.05) is 11.8 Å². The largest absolute Gasteiger partial charge is 0.402 e. The molecule has 1 saturated carbocycles. The van der Waals surface area contributed by atoms with Gasteiger partial charge in [-0.05, 0) is 25.3 Å². The molecule has 0 aromatic carbocycles. The van der Waals surface area contributed by atoms with E-state index in [2.05, 4.69) is 15.9 Å². The van der Waals surface area contributed by atoms with Crippen molar-refractivity contribution >= 4 is 15.9 Å². The summed E-state index contributed by atoms with van der Waals surface area (Å²) in [5.41, 5.74) is 0. The number of nitrogens with zero attached hydrogens (tertiary/aromatic N) is 1. The van der Waals surface area contributed by atoms with Gasteiger partial charge in [-0.3, -0.25) is 0 Å². The molecule has 14 heavy (non-hydrogen) atoms. The maximum Gasteiger partial charge on any atom is 0.402 e. The lowest BCUT2D eigenvalue weighted by molar-refractivity contribution is -0.130. The van der Waals surface area contributed by atoms with Crippen LogP contribution in [0.5, 0.6) is 0 Å². The van der Waals surface area contributed by atoms with Gasteiger partial charge in [0.15, 0.2) is 0 Å². The fourth-order valence-electron chi connectivity index (χ4n) is 1.33. The minimum atomic E-state index is -4.13. The van der Waals surface area contributed by atoms with Gasteiger partial charge < -0.3 is 4.90 Å². The second kappa shape index (κ2) is 4.84. The quantitative estimate of drug-likeness (QED) is 0.696. The van der Waals surface area contributed by atoms with Crippen LogP contribution in [0.1, 0.15) is 19.8 Å². The van der Waals surface area contributed by atoms with Crippen LogP contribution in [0.3, 0.4) is 0 Å². The molecule has 0 radical (unpaired) electrons. The van der Waals surface area contributed by atoms with Crippen molar-refractivity contribution in [2.45, 2.75) is 30.8 Å². The van der Waals surface area contributed by atoms with Gasteiger partial charge in [-0.15, -0.1) is 0 Å². The minimum Gasteiger partial charge on any atom is -0.302 e. The predicted octanol–water partition coefficient (Wildman–Crippen LogP) is 3.04. The summed E-state index contributed by atoms with van der Waals surface area (Å²) in [5.74, 6) is 0.642. The fraction of sp³-hybridized carbons (Fsp3) is 1.00. The van der Waals surface area contributed by atoms with E-state index in [1.165, 1.54) is 12.8 Å². The van der Waals surface area contributed by atoms with Gasteiger partial charge in [0, 0.05) is 13.1 Å². The van der Waals surface area contributed by atoms with E-state index in [0.717, 1.165) is 6.54 Å². The van der Waals surface area contributed by atoms with Gasteiger partial charge in [0.25, 0.3) is 0 Å². The Bertz CT molecular complexity index is 179. The molecule has 0 bridgehead atoms. The van der Waals surface area contributed by atoms with Crippen LogP contribution in [0.2, 0.25) is 0 Å². The highest BCUT2D eigenvalue weighted by Gasteiger charge is 2.39. The Labute approximate surface area is 90.8 Å². The van der Waals surface area contributed by atoms with Crippen LogP contribution >= 0.6 is 15.9 Å². The summed E-state index contributed by atoms with van der Waals surface area (Å²) in [6, 6.07) is 0. The van der Waals surface area contributed by atoms with Gasteiger partial charge in [0.1, 0.15) is 4.83 Å². The Hall–Kier alpha value is 0.230. The Morgan fingerprint density at radius 2 is 2.00 bits per heavy atom. The van der Waals surface area contributed by atoms with E-state index in [0.29, 0.717) is 12.5 Å². The Morgan fingerprint density at radius 1 is 1.43 bits per heavy atom. The molecule has 1 aliphatic carbocycles. The van der Waals surface area contributed by atoms with Crippen LogP contribution < -0.4 is 0 Å². The molecule has 1 rings (SSSR count). The number of hydrogen-bond acceptors (Lipinski definition) is 1. The van der Waals surface area contributed by atoms with Crippen LogP contribution in [0.15, 0.2) is 0 Å². The van der Waals surface area contributed by atoms with Crippen LogP contribution in [0.25, 0.3) is 0 Å². The lowest BCUT2D eigenvalue weighted by Crippen LogP contribution is -2.38. The summed E-state index contributed by atoms with van der Waals surface area (Å²) in [4.78, 5) is 0.471. The lowest BCUT2D eigenvalue weighted by atomic mass is 10.3. The predicted molar refractivity (Wildman–Crippen MR) is 53.6 cm³/mol. The number of hydrogen-bond donors (Lipinski definition) is 0. The molecule has 1 fully saturated rings. The zero-order valence-corrected chi connectivity index (χ0v) is 9.74. The summed E-state index contributed by atoms with van der Waals surface area (Å²) in [7, 11) is 0. The molecule has 1 nitrogen and oxygen atoms in total. The molecule has 0 aromatic rings. The van der Waals surface area contributed by atoms with Crippen molar-refractivity contribution in [3.8, 4) is 0 Å². The molecule has 0 N–H and O–H groups in total. The van der Waals surface area contributed by atoms with Crippen molar-refractivity contribution in [2.24, 2.45) is 5.92 Å². The number of halogens is 4. The average Bonchev–Trinajstić information content (AvgIpc) is 2.85. The highest BCUT2D eigenvalue weighted by molar-refractivity contribution is 9.09. The standard InChI is InChI=1S/C9H15BrF3N/c1-2-14(5-7-3-4-7)6-8(10)9(11,12)13/h7-8H,2-6H2,1H3. The molecule has 0 spiro atoms. The maximum absolute atomic E-state index is 12.2. The third kappa shape index (κ3) is 4.17. The molecule has 1 atom stereocenters. The van der Waals surface area contributed by atoms with Gasteiger partial charge in [-0.2, -0.15) is 13.2 Å². The first-order valence-corrected chi connectivity index (χ1v) is 5.78.